The van der Waals surface area contributed by atoms with Crippen molar-refractivity contribution in [1.29, 1.82) is 0 Å². The predicted molar refractivity (Wildman–Crippen MR) is 124 cm³/mol. The van der Waals surface area contributed by atoms with Gasteiger partial charge in [-0.3, -0.25) is 0 Å². The number of aryl methyl sites for hydroxylation is 1. The van der Waals surface area contributed by atoms with Crippen molar-refractivity contribution >= 4 is 18.9 Å². The van der Waals surface area contributed by atoms with Crippen LogP contribution in [-0.4, -0.2) is 15.2 Å². The third-order valence-electron chi connectivity index (χ3n) is 5.18. The molecular formula is C26H32O2Si. The zero-order valence-corrected chi connectivity index (χ0v) is 18.6. The van der Waals surface area contributed by atoms with Crippen LogP contribution in [0.2, 0.25) is 0 Å². The van der Waals surface area contributed by atoms with E-state index in [0.717, 1.165) is 29.0 Å². The van der Waals surface area contributed by atoms with Gasteiger partial charge in [-0.2, -0.15) is 0 Å². The molecule has 3 heteroatoms. The summed E-state index contributed by atoms with van der Waals surface area (Å²) >= 11 is 0. The molecule has 0 spiro atoms. The van der Waals surface area contributed by atoms with Crippen molar-refractivity contribution in [1.82, 2.24) is 0 Å². The quantitative estimate of drug-likeness (QED) is 0.311. The van der Waals surface area contributed by atoms with Gasteiger partial charge in [-0.1, -0.05) is 106 Å². The van der Waals surface area contributed by atoms with Crippen molar-refractivity contribution in [3.63, 3.8) is 0 Å². The van der Waals surface area contributed by atoms with Gasteiger partial charge in [0.1, 0.15) is 5.75 Å². The van der Waals surface area contributed by atoms with Crippen LogP contribution < -0.4 is 14.8 Å². The number of hydrogen-bond acceptors (Lipinski definition) is 2. The minimum atomic E-state index is -2.88. The molecule has 0 aliphatic rings. The van der Waals surface area contributed by atoms with Gasteiger partial charge in [0.25, 0.3) is 0 Å². The first kappa shape index (κ1) is 21.3. The third-order valence-corrected chi connectivity index (χ3v) is 8.50. The molecule has 3 rings (SSSR count). The van der Waals surface area contributed by atoms with Crippen LogP contribution >= 0.6 is 0 Å². The fraction of sp³-hybridized carbons (Fsp3) is 0.308. The predicted octanol–water partition coefficient (Wildman–Crippen LogP) is 5.48. The highest BCUT2D eigenvalue weighted by atomic mass is 28.4. The molecule has 0 aromatic heterocycles. The molecule has 29 heavy (non-hydrogen) atoms. The maximum absolute atomic E-state index is 6.84. The van der Waals surface area contributed by atoms with Crippen LogP contribution in [0.15, 0.2) is 84.9 Å². The van der Waals surface area contributed by atoms with Crippen LogP contribution in [0.4, 0.5) is 0 Å². The van der Waals surface area contributed by atoms with Crippen molar-refractivity contribution in [3.05, 3.63) is 90.5 Å². The molecule has 0 radical (unpaired) electrons. The van der Waals surface area contributed by atoms with Gasteiger partial charge in [0.15, 0.2) is 0 Å². The molecular weight excluding hydrogens is 372 g/mol. The van der Waals surface area contributed by atoms with Gasteiger partial charge in [-0.25, -0.2) is 0 Å². The van der Waals surface area contributed by atoms with Gasteiger partial charge in [0.05, 0.1) is 0 Å². The first-order valence-corrected chi connectivity index (χ1v) is 12.6. The number of benzene rings is 3. The summed E-state index contributed by atoms with van der Waals surface area (Å²) in [5.74, 6) is 0.886. The highest BCUT2D eigenvalue weighted by Crippen LogP contribution is 2.20. The van der Waals surface area contributed by atoms with E-state index in [2.05, 4.69) is 80.6 Å². The molecule has 0 heterocycles. The van der Waals surface area contributed by atoms with Gasteiger partial charge < -0.3 is 8.85 Å². The largest absolute Gasteiger partial charge is 0.514 e. The van der Waals surface area contributed by atoms with Crippen molar-refractivity contribution in [2.75, 3.05) is 6.61 Å². The highest BCUT2D eigenvalue weighted by molar-refractivity contribution is 6.93. The number of rotatable bonds is 11. The molecule has 3 aromatic rings. The van der Waals surface area contributed by atoms with Crippen LogP contribution in [0.3, 0.4) is 0 Å². The standard InChI is InChI=1S/C26H32O2Si/c1-3-5-6-13-21-27-29(25-17-9-7-10-18-25,26-19-11-8-12-20-26)28-24-16-14-15-23(4-2)22-24/h7-12,14-20,22H,3-6,13,21H2,1-2H3. The van der Waals surface area contributed by atoms with Crippen molar-refractivity contribution in [2.45, 2.75) is 46.0 Å². The van der Waals surface area contributed by atoms with Crippen molar-refractivity contribution in [3.8, 4) is 5.75 Å². The second-order valence-electron chi connectivity index (χ2n) is 7.36. The van der Waals surface area contributed by atoms with Gasteiger partial charge >= 0.3 is 8.56 Å². The Morgan fingerprint density at radius 2 is 1.34 bits per heavy atom. The van der Waals surface area contributed by atoms with E-state index in [1.165, 1.54) is 24.8 Å². The normalized spacial score (nSPS) is 11.4. The van der Waals surface area contributed by atoms with E-state index < -0.39 is 8.56 Å². The molecule has 0 aliphatic carbocycles. The van der Waals surface area contributed by atoms with Gasteiger partial charge in [0.2, 0.25) is 0 Å². The van der Waals surface area contributed by atoms with E-state index >= 15 is 0 Å². The molecule has 0 unspecified atom stereocenters. The van der Waals surface area contributed by atoms with E-state index in [0.29, 0.717) is 6.61 Å². The van der Waals surface area contributed by atoms with E-state index in [-0.39, 0.29) is 0 Å². The third kappa shape index (κ3) is 5.59. The Morgan fingerprint density at radius 3 is 1.93 bits per heavy atom. The minimum Gasteiger partial charge on any atom is -0.514 e. The monoisotopic (exact) mass is 404 g/mol. The minimum absolute atomic E-state index is 0.712. The SMILES string of the molecule is CCCCCCO[Si](Oc1cccc(CC)c1)(c1ccccc1)c1ccccc1. The summed E-state index contributed by atoms with van der Waals surface area (Å²) in [6.45, 7) is 5.11. The van der Waals surface area contributed by atoms with Crippen LogP contribution in [0.5, 0.6) is 5.75 Å². The molecule has 2 nitrogen and oxygen atoms in total. The van der Waals surface area contributed by atoms with Gasteiger partial charge in [0, 0.05) is 17.0 Å². The Bertz CT molecular complexity index is 809. The van der Waals surface area contributed by atoms with Gasteiger partial charge in [-0.05, 0) is 30.5 Å². The smallest absolute Gasteiger partial charge is 0.468 e. The van der Waals surface area contributed by atoms with Crippen LogP contribution in [-0.2, 0) is 10.8 Å². The molecule has 152 valence electrons. The number of hydrogen-bond donors (Lipinski definition) is 0. The van der Waals surface area contributed by atoms with E-state index in [1.54, 1.807) is 0 Å². The lowest BCUT2D eigenvalue weighted by atomic mass is 10.2. The lowest BCUT2D eigenvalue weighted by molar-refractivity contribution is 0.252. The second-order valence-corrected chi connectivity index (χ2v) is 10.2. The molecule has 3 aromatic carbocycles. The summed E-state index contributed by atoms with van der Waals surface area (Å²) in [5.41, 5.74) is 1.27. The van der Waals surface area contributed by atoms with Crippen LogP contribution in [0, 0.1) is 0 Å². The molecule has 0 bridgehead atoms. The molecule has 0 atom stereocenters. The Hall–Kier alpha value is -2.36. The number of unbranched alkanes of at least 4 members (excludes halogenated alkanes) is 3. The van der Waals surface area contributed by atoms with Crippen molar-refractivity contribution in [2.24, 2.45) is 0 Å². The molecule has 0 aliphatic heterocycles. The van der Waals surface area contributed by atoms with E-state index in [9.17, 15) is 0 Å². The molecule has 0 amide bonds. The second kappa shape index (κ2) is 11.0. The average Bonchev–Trinajstić information content (AvgIpc) is 2.79. The fourth-order valence-electron chi connectivity index (χ4n) is 3.54. The Kier molecular flexibility index (Phi) is 8.09. The van der Waals surface area contributed by atoms with Gasteiger partial charge in [-0.15, -0.1) is 0 Å². The Morgan fingerprint density at radius 1 is 0.690 bits per heavy atom. The highest BCUT2D eigenvalue weighted by Gasteiger charge is 2.45. The first-order chi connectivity index (χ1) is 14.3. The van der Waals surface area contributed by atoms with Crippen molar-refractivity contribution < 1.29 is 8.85 Å². The summed E-state index contributed by atoms with van der Waals surface area (Å²) in [5, 5.41) is 2.28. The maximum Gasteiger partial charge on any atom is 0.468 e. The topological polar surface area (TPSA) is 18.5 Å². The molecule has 0 fully saturated rings. The zero-order chi connectivity index (χ0) is 20.4. The van der Waals surface area contributed by atoms with E-state index in [1.807, 2.05) is 18.2 Å². The average molecular weight is 405 g/mol. The summed E-state index contributed by atoms with van der Waals surface area (Å²) in [7, 11) is -2.88. The first-order valence-electron chi connectivity index (χ1n) is 10.8. The summed E-state index contributed by atoms with van der Waals surface area (Å²) in [6, 6.07) is 29.4. The van der Waals surface area contributed by atoms with E-state index in [4.69, 9.17) is 8.85 Å². The summed E-state index contributed by atoms with van der Waals surface area (Å²) in [6.07, 6.45) is 5.70. The summed E-state index contributed by atoms with van der Waals surface area (Å²) in [4.78, 5) is 0. The summed E-state index contributed by atoms with van der Waals surface area (Å²) < 4.78 is 13.6. The zero-order valence-electron chi connectivity index (χ0n) is 17.6. The molecule has 0 saturated carbocycles. The Labute approximate surface area is 176 Å². The Balaban J connectivity index is 2.01. The fourth-order valence-corrected chi connectivity index (χ4v) is 6.65. The molecule has 0 saturated heterocycles. The molecule has 0 N–H and O–H groups in total. The lowest BCUT2D eigenvalue weighted by Gasteiger charge is -2.32. The maximum atomic E-state index is 6.84. The lowest BCUT2D eigenvalue weighted by Crippen LogP contribution is -2.66. The van der Waals surface area contributed by atoms with Crippen LogP contribution in [0.1, 0.15) is 45.1 Å². The van der Waals surface area contributed by atoms with Crippen LogP contribution in [0.25, 0.3) is 0 Å².